The van der Waals surface area contributed by atoms with Crippen molar-refractivity contribution in [3.8, 4) is 0 Å². The highest BCUT2D eigenvalue weighted by Crippen LogP contribution is 2.11. The Hall–Kier alpha value is -1.88. The molecule has 0 unspecified atom stereocenters. The zero-order valence-corrected chi connectivity index (χ0v) is 10.3. The number of primary amides is 1. The van der Waals surface area contributed by atoms with Crippen LogP contribution in [0.15, 0.2) is 35.4 Å². The molecule has 18 heavy (non-hydrogen) atoms. The number of rotatable bonds is 3. The van der Waals surface area contributed by atoms with Gasteiger partial charge in [0.05, 0.1) is 0 Å². The number of hydrogen-bond acceptors (Lipinski definition) is 3. The Bertz CT molecular complexity index is 420. The van der Waals surface area contributed by atoms with E-state index in [2.05, 4.69) is 39.7 Å². The monoisotopic (exact) mass is 246 g/mol. The topological polar surface area (TPSA) is 70.7 Å². The molecule has 0 saturated carbocycles. The lowest BCUT2D eigenvalue weighted by atomic mass is 10.1. The van der Waals surface area contributed by atoms with Crippen LogP contribution in [0.4, 0.5) is 4.79 Å². The predicted octanol–water partition coefficient (Wildman–Crippen LogP) is 1.31. The van der Waals surface area contributed by atoms with Crippen LogP contribution in [0.1, 0.15) is 18.4 Å². The molecule has 3 N–H and O–H groups in total. The molecular weight excluding hydrogens is 228 g/mol. The smallest absolute Gasteiger partial charge is 0.332 e. The van der Waals surface area contributed by atoms with Crippen molar-refractivity contribution >= 4 is 11.7 Å². The van der Waals surface area contributed by atoms with Crippen molar-refractivity contribution in [3.63, 3.8) is 0 Å². The molecule has 1 fully saturated rings. The molecule has 1 aromatic rings. The first kappa shape index (κ1) is 12.6. The molecule has 2 rings (SSSR count). The van der Waals surface area contributed by atoms with E-state index in [1.165, 1.54) is 5.56 Å². The lowest BCUT2D eigenvalue weighted by Gasteiger charge is -2.27. The molecule has 5 nitrogen and oxygen atoms in total. The van der Waals surface area contributed by atoms with Crippen LogP contribution in [-0.4, -0.2) is 29.7 Å². The largest absolute Gasteiger partial charge is 0.350 e. The van der Waals surface area contributed by atoms with Crippen molar-refractivity contribution in [2.24, 2.45) is 10.8 Å². The number of urea groups is 1. The number of nitrogens with zero attached hydrogens (tertiary/aromatic N) is 2. The molecule has 0 bridgehead atoms. The van der Waals surface area contributed by atoms with Crippen molar-refractivity contribution in [1.29, 1.82) is 0 Å². The third-order valence-corrected chi connectivity index (χ3v) is 3.01. The Labute approximate surface area is 107 Å². The maximum absolute atomic E-state index is 10.5. The summed E-state index contributed by atoms with van der Waals surface area (Å²) in [7, 11) is 0. The number of carbonyl (C=O) groups is 1. The van der Waals surface area contributed by atoms with E-state index in [-0.39, 0.29) is 0 Å². The van der Waals surface area contributed by atoms with Crippen molar-refractivity contribution in [2.45, 2.75) is 19.4 Å². The van der Waals surface area contributed by atoms with E-state index in [1.807, 2.05) is 6.07 Å². The average Bonchev–Trinajstić information content (AvgIpc) is 2.39. The van der Waals surface area contributed by atoms with Gasteiger partial charge in [0.2, 0.25) is 0 Å². The summed E-state index contributed by atoms with van der Waals surface area (Å²) in [5.41, 5.74) is 9.60. The summed E-state index contributed by atoms with van der Waals surface area (Å²) >= 11 is 0. The van der Waals surface area contributed by atoms with Gasteiger partial charge in [0.15, 0.2) is 0 Å². The summed E-state index contributed by atoms with van der Waals surface area (Å²) in [6, 6.07) is 9.82. The summed E-state index contributed by atoms with van der Waals surface area (Å²) in [5.74, 6) is 0. The second-order valence-electron chi connectivity index (χ2n) is 4.42. The maximum atomic E-state index is 10.5. The third-order valence-electron chi connectivity index (χ3n) is 3.01. The molecule has 0 spiro atoms. The van der Waals surface area contributed by atoms with Gasteiger partial charge in [-0.3, -0.25) is 4.90 Å². The Kier molecular flexibility index (Phi) is 4.30. The minimum absolute atomic E-state index is 0.603. The second kappa shape index (κ2) is 6.16. The Morgan fingerprint density at radius 1 is 1.28 bits per heavy atom. The van der Waals surface area contributed by atoms with Gasteiger partial charge in [-0.05, 0) is 5.56 Å². The molecule has 0 radical (unpaired) electrons. The number of hydrazone groups is 1. The van der Waals surface area contributed by atoms with E-state index < -0.39 is 6.03 Å². The molecule has 1 aromatic carbocycles. The van der Waals surface area contributed by atoms with Crippen LogP contribution in [0.3, 0.4) is 0 Å². The first-order chi connectivity index (χ1) is 8.74. The maximum Gasteiger partial charge on any atom is 0.332 e. The van der Waals surface area contributed by atoms with Crippen LogP contribution in [0, 0.1) is 0 Å². The minimum atomic E-state index is -0.603. The molecule has 5 heteroatoms. The van der Waals surface area contributed by atoms with E-state index in [0.717, 1.165) is 38.2 Å². The van der Waals surface area contributed by atoms with Crippen LogP contribution in [0.2, 0.25) is 0 Å². The number of nitrogens with two attached hydrogens (primary N) is 1. The van der Waals surface area contributed by atoms with E-state index in [9.17, 15) is 4.79 Å². The molecular formula is C13H18N4O. The van der Waals surface area contributed by atoms with Crippen LogP contribution in [0.25, 0.3) is 0 Å². The molecule has 1 aliphatic rings. The molecule has 0 atom stereocenters. The second-order valence-corrected chi connectivity index (χ2v) is 4.42. The first-order valence-electron chi connectivity index (χ1n) is 6.11. The fourth-order valence-electron chi connectivity index (χ4n) is 2.06. The van der Waals surface area contributed by atoms with Crippen molar-refractivity contribution in [2.75, 3.05) is 13.1 Å². The van der Waals surface area contributed by atoms with E-state index in [4.69, 9.17) is 5.73 Å². The highest BCUT2D eigenvalue weighted by molar-refractivity contribution is 5.86. The first-order valence-corrected chi connectivity index (χ1v) is 6.11. The quantitative estimate of drug-likeness (QED) is 0.789. The SMILES string of the molecule is NC(=O)NN=C1CCN(Cc2ccccc2)CC1. The van der Waals surface area contributed by atoms with Gasteiger partial charge in [-0.1, -0.05) is 30.3 Å². The lowest BCUT2D eigenvalue weighted by Crippen LogP contribution is -2.35. The van der Waals surface area contributed by atoms with Gasteiger partial charge in [-0.15, -0.1) is 0 Å². The van der Waals surface area contributed by atoms with Crippen LogP contribution < -0.4 is 11.2 Å². The molecule has 1 saturated heterocycles. The predicted molar refractivity (Wildman–Crippen MR) is 71.1 cm³/mol. The molecule has 1 heterocycles. The highest BCUT2D eigenvalue weighted by Gasteiger charge is 2.15. The van der Waals surface area contributed by atoms with Gasteiger partial charge in [0, 0.05) is 38.2 Å². The average molecular weight is 246 g/mol. The summed E-state index contributed by atoms with van der Waals surface area (Å²) in [6.45, 7) is 2.90. The van der Waals surface area contributed by atoms with Crippen LogP contribution in [-0.2, 0) is 6.54 Å². The third kappa shape index (κ3) is 3.85. The Balaban J connectivity index is 1.80. The Morgan fingerprint density at radius 2 is 1.94 bits per heavy atom. The van der Waals surface area contributed by atoms with Gasteiger partial charge in [0.1, 0.15) is 0 Å². The molecule has 2 amide bonds. The van der Waals surface area contributed by atoms with E-state index >= 15 is 0 Å². The number of hydrogen-bond donors (Lipinski definition) is 2. The van der Waals surface area contributed by atoms with E-state index in [1.54, 1.807) is 0 Å². The molecule has 1 aliphatic heterocycles. The highest BCUT2D eigenvalue weighted by atomic mass is 16.2. The standard InChI is InChI=1S/C13H18N4O/c14-13(18)16-15-12-6-8-17(9-7-12)10-11-4-2-1-3-5-11/h1-5H,6-10H2,(H3,14,16,18). The van der Waals surface area contributed by atoms with Gasteiger partial charge >= 0.3 is 6.03 Å². The fourth-order valence-corrected chi connectivity index (χ4v) is 2.06. The Morgan fingerprint density at radius 3 is 2.56 bits per heavy atom. The summed E-state index contributed by atoms with van der Waals surface area (Å²) < 4.78 is 0. The summed E-state index contributed by atoms with van der Waals surface area (Å²) in [5, 5.41) is 3.99. The molecule has 0 aromatic heterocycles. The number of likely N-dealkylation sites (tertiary alicyclic amines) is 1. The summed E-state index contributed by atoms with van der Waals surface area (Å²) in [6.07, 6.45) is 1.76. The zero-order chi connectivity index (χ0) is 12.8. The van der Waals surface area contributed by atoms with Crippen LogP contribution >= 0.6 is 0 Å². The zero-order valence-electron chi connectivity index (χ0n) is 10.3. The normalized spacial score (nSPS) is 16.3. The molecule has 96 valence electrons. The van der Waals surface area contributed by atoms with Gasteiger partial charge in [-0.25, -0.2) is 10.2 Å². The van der Waals surface area contributed by atoms with Crippen molar-refractivity contribution in [1.82, 2.24) is 10.3 Å². The fraction of sp³-hybridized carbons (Fsp3) is 0.385. The number of nitrogens with one attached hydrogen (secondary N) is 1. The van der Waals surface area contributed by atoms with E-state index in [0.29, 0.717) is 0 Å². The van der Waals surface area contributed by atoms with Gasteiger partial charge < -0.3 is 5.73 Å². The summed E-state index contributed by atoms with van der Waals surface area (Å²) in [4.78, 5) is 12.9. The van der Waals surface area contributed by atoms with Crippen molar-refractivity contribution in [3.05, 3.63) is 35.9 Å². The van der Waals surface area contributed by atoms with Gasteiger partial charge in [0.25, 0.3) is 0 Å². The minimum Gasteiger partial charge on any atom is -0.350 e. The number of amides is 2. The number of benzene rings is 1. The van der Waals surface area contributed by atoms with Gasteiger partial charge in [-0.2, -0.15) is 5.10 Å². The number of piperidine rings is 1. The molecule has 0 aliphatic carbocycles. The van der Waals surface area contributed by atoms with Crippen LogP contribution in [0.5, 0.6) is 0 Å². The number of carbonyl (C=O) groups excluding carboxylic acids is 1. The lowest BCUT2D eigenvalue weighted by molar-refractivity contribution is 0.248. The van der Waals surface area contributed by atoms with Crippen molar-refractivity contribution < 1.29 is 4.79 Å².